The number of rotatable bonds is 4. The summed E-state index contributed by atoms with van der Waals surface area (Å²) in [6.07, 6.45) is 2.06. The van der Waals surface area contributed by atoms with Crippen molar-refractivity contribution < 1.29 is 19.5 Å². The summed E-state index contributed by atoms with van der Waals surface area (Å²) >= 11 is 0. The van der Waals surface area contributed by atoms with Crippen LogP contribution in [0.2, 0.25) is 0 Å². The van der Waals surface area contributed by atoms with Gasteiger partial charge >= 0.3 is 0 Å². The summed E-state index contributed by atoms with van der Waals surface area (Å²) in [5.41, 5.74) is 3.51. The Morgan fingerprint density at radius 1 is 0.735 bits per heavy atom. The van der Waals surface area contributed by atoms with Gasteiger partial charge < -0.3 is 9.67 Å². The van der Waals surface area contributed by atoms with Gasteiger partial charge in [0.2, 0.25) is 0 Å². The van der Waals surface area contributed by atoms with E-state index in [0.717, 1.165) is 18.2 Å². The Balaban J connectivity index is 0. The molecular weight excluding hydrogens is 426 g/mol. The Morgan fingerprint density at radius 3 is 1.56 bits per heavy atom. The fraction of sp³-hybridized carbons (Fsp3) is 0.414. The number of carbonyl (C=O) groups is 3. The Labute approximate surface area is 205 Å². The van der Waals surface area contributed by atoms with Gasteiger partial charge in [0.05, 0.1) is 5.41 Å². The van der Waals surface area contributed by atoms with E-state index in [0.29, 0.717) is 0 Å². The minimum Gasteiger partial charge on any atom is -0.400 e. The average Bonchev–Trinajstić information content (AvgIpc) is 3.23. The first-order valence-corrected chi connectivity index (χ1v) is 11.7. The number of ketones is 3. The lowest BCUT2D eigenvalue weighted by atomic mass is 9.85. The molecule has 0 spiro atoms. The zero-order valence-electron chi connectivity index (χ0n) is 22.8. The first-order valence-electron chi connectivity index (χ1n) is 11.7. The van der Waals surface area contributed by atoms with Crippen molar-refractivity contribution in [3.05, 3.63) is 60.3 Å². The highest BCUT2D eigenvalue weighted by molar-refractivity contribution is 6.04. The summed E-state index contributed by atoms with van der Waals surface area (Å²) in [6, 6.07) is 16.3. The molecule has 1 N–H and O–H groups in total. The van der Waals surface area contributed by atoms with Crippen molar-refractivity contribution in [2.75, 3.05) is 7.11 Å². The summed E-state index contributed by atoms with van der Waals surface area (Å²) in [7, 11) is 3.05. The van der Waals surface area contributed by atoms with Gasteiger partial charge in [0.25, 0.3) is 0 Å². The maximum atomic E-state index is 11.3. The largest absolute Gasteiger partial charge is 0.400 e. The van der Waals surface area contributed by atoms with Gasteiger partial charge in [0.1, 0.15) is 11.6 Å². The van der Waals surface area contributed by atoms with Crippen molar-refractivity contribution in [2.45, 2.75) is 62.3 Å². The molecule has 0 amide bonds. The van der Waals surface area contributed by atoms with Gasteiger partial charge in [-0.05, 0) is 63.9 Å². The third-order valence-electron chi connectivity index (χ3n) is 5.27. The SMILES string of the molecule is CC.CC.CC(=O)C(C)(C)C(C)=O.CC(=O)c1ccc(-c2ccc3c(ccn3C)c2)cc1.CO. The predicted molar refractivity (Wildman–Crippen MR) is 144 cm³/mol. The molecule has 1 heterocycles. The van der Waals surface area contributed by atoms with E-state index >= 15 is 0 Å². The summed E-state index contributed by atoms with van der Waals surface area (Å²) in [5.74, 6) is -0.0462. The molecule has 0 saturated heterocycles. The Bertz CT molecular complexity index is 1010. The minimum atomic E-state index is -0.778. The number of fused-ring (bicyclic) bond motifs is 1. The van der Waals surface area contributed by atoms with Crippen molar-refractivity contribution in [1.82, 2.24) is 4.57 Å². The fourth-order valence-electron chi connectivity index (χ4n) is 2.61. The van der Waals surface area contributed by atoms with Crippen LogP contribution in [0, 0.1) is 5.41 Å². The number of hydrogen-bond acceptors (Lipinski definition) is 4. The van der Waals surface area contributed by atoms with Crippen LogP contribution in [0.3, 0.4) is 0 Å². The van der Waals surface area contributed by atoms with Crippen molar-refractivity contribution >= 4 is 28.3 Å². The number of aromatic nitrogens is 1. The number of benzene rings is 2. The highest BCUT2D eigenvalue weighted by Crippen LogP contribution is 2.25. The van der Waals surface area contributed by atoms with Crippen LogP contribution in [0.1, 0.15) is 72.7 Å². The number of hydrogen-bond donors (Lipinski definition) is 1. The van der Waals surface area contributed by atoms with Crippen LogP contribution in [-0.2, 0) is 16.6 Å². The summed E-state index contributed by atoms with van der Waals surface area (Å²) < 4.78 is 2.11. The molecule has 3 rings (SSSR count). The third-order valence-corrected chi connectivity index (χ3v) is 5.27. The van der Waals surface area contributed by atoms with Crippen LogP contribution >= 0.6 is 0 Å². The third kappa shape index (κ3) is 9.44. The topological polar surface area (TPSA) is 76.4 Å². The molecule has 188 valence electrons. The van der Waals surface area contributed by atoms with Gasteiger partial charge in [0.15, 0.2) is 5.78 Å². The molecule has 0 aliphatic carbocycles. The minimum absolute atomic E-state index is 0.0741. The summed E-state index contributed by atoms with van der Waals surface area (Å²) in [6.45, 7) is 15.7. The lowest BCUT2D eigenvalue weighted by molar-refractivity contribution is -0.136. The van der Waals surface area contributed by atoms with E-state index in [1.807, 2.05) is 59.0 Å². The zero-order chi connectivity index (χ0) is 27.1. The van der Waals surface area contributed by atoms with Crippen LogP contribution in [0.4, 0.5) is 0 Å². The highest BCUT2D eigenvalue weighted by atomic mass is 16.2. The molecule has 1 aromatic heterocycles. The molecule has 0 aliphatic heterocycles. The Morgan fingerprint density at radius 2 is 1.18 bits per heavy atom. The number of nitrogens with zero attached hydrogens (tertiary/aromatic N) is 1. The van der Waals surface area contributed by atoms with Gasteiger partial charge in [-0.2, -0.15) is 0 Å². The standard InChI is InChI=1S/C17H15NO.C7H12O2.2C2H6.CH4O/c1-12(19)13-3-5-14(6-4-13)15-7-8-17-16(11-15)9-10-18(17)2;1-5(8)7(3,4)6(2)9;3*1-2/h3-11H,1-2H3;1-4H3;2*1-2H3;2H,1H3. The molecule has 0 atom stereocenters. The molecule has 5 nitrogen and oxygen atoms in total. The van der Waals surface area contributed by atoms with Gasteiger partial charge in [-0.3, -0.25) is 14.4 Å². The summed E-state index contributed by atoms with van der Waals surface area (Å²) in [4.78, 5) is 32.6. The molecular formula is C29H43NO4. The highest BCUT2D eigenvalue weighted by Gasteiger charge is 2.28. The second-order valence-electron chi connectivity index (χ2n) is 7.57. The number of aliphatic hydroxyl groups excluding tert-OH is 1. The van der Waals surface area contributed by atoms with Crippen molar-refractivity contribution in [3.63, 3.8) is 0 Å². The molecule has 0 aliphatic rings. The molecule has 3 aromatic rings. The van der Waals surface area contributed by atoms with E-state index in [1.165, 1.54) is 30.3 Å². The van der Waals surface area contributed by atoms with Gasteiger partial charge in [-0.1, -0.05) is 58.0 Å². The van der Waals surface area contributed by atoms with Crippen LogP contribution in [0.25, 0.3) is 22.0 Å². The van der Waals surface area contributed by atoms with Crippen LogP contribution in [0.5, 0.6) is 0 Å². The molecule has 2 aromatic carbocycles. The Hall–Kier alpha value is -3.05. The van der Waals surface area contributed by atoms with E-state index in [4.69, 9.17) is 5.11 Å². The molecule has 34 heavy (non-hydrogen) atoms. The monoisotopic (exact) mass is 469 g/mol. The second-order valence-corrected chi connectivity index (χ2v) is 7.57. The number of aryl methyl sites for hydroxylation is 1. The average molecular weight is 470 g/mol. The Kier molecular flexibility index (Phi) is 16.1. The van der Waals surface area contributed by atoms with Crippen LogP contribution in [0.15, 0.2) is 54.7 Å². The van der Waals surface area contributed by atoms with E-state index < -0.39 is 5.41 Å². The molecule has 0 bridgehead atoms. The first kappa shape index (κ1) is 33.1. The fourth-order valence-corrected chi connectivity index (χ4v) is 2.61. The number of aliphatic hydroxyl groups is 1. The summed E-state index contributed by atoms with van der Waals surface area (Å²) in [5, 5.41) is 8.23. The lowest BCUT2D eigenvalue weighted by Gasteiger charge is -2.15. The smallest absolute Gasteiger partial charge is 0.159 e. The first-order chi connectivity index (χ1) is 16.0. The van der Waals surface area contributed by atoms with Crippen LogP contribution < -0.4 is 0 Å². The van der Waals surface area contributed by atoms with E-state index in [9.17, 15) is 14.4 Å². The van der Waals surface area contributed by atoms with Gasteiger partial charge in [0, 0.05) is 36.8 Å². The molecule has 0 fully saturated rings. The maximum absolute atomic E-state index is 11.3. The van der Waals surface area contributed by atoms with E-state index in [-0.39, 0.29) is 17.3 Å². The molecule has 0 radical (unpaired) electrons. The normalized spacial score (nSPS) is 9.53. The lowest BCUT2D eigenvalue weighted by Crippen LogP contribution is -2.29. The predicted octanol–water partition coefficient (Wildman–Crippen LogP) is 6.90. The number of Topliss-reactive ketones (excluding diaryl/α,β-unsaturated/α-hetero) is 3. The molecule has 5 heteroatoms. The maximum Gasteiger partial charge on any atom is 0.159 e. The van der Waals surface area contributed by atoms with Crippen molar-refractivity contribution in [1.29, 1.82) is 0 Å². The van der Waals surface area contributed by atoms with E-state index in [1.54, 1.807) is 20.8 Å². The quantitative estimate of drug-likeness (QED) is 0.333. The molecule has 0 unspecified atom stereocenters. The van der Waals surface area contributed by atoms with Gasteiger partial charge in [-0.25, -0.2) is 0 Å². The van der Waals surface area contributed by atoms with E-state index in [2.05, 4.69) is 35.0 Å². The zero-order valence-corrected chi connectivity index (χ0v) is 22.8. The molecule has 0 saturated carbocycles. The number of carbonyl (C=O) groups excluding carboxylic acids is 3. The second kappa shape index (κ2) is 16.5. The van der Waals surface area contributed by atoms with Crippen molar-refractivity contribution in [2.24, 2.45) is 12.5 Å². The van der Waals surface area contributed by atoms with Crippen molar-refractivity contribution in [3.8, 4) is 11.1 Å². The van der Waals surface area contributed by atoms with Gasteiger partial charge in [-0.15, -0.1) is 0 Å². The van der Waals surface area contributed by atoms with Crippen LogP contribution in [-0.4, -0.2) is 34.1 Å².